The lowest BCUT2D eigenvalue weighted by atomic mass is 10.1. The summed E-state index contributed by atoms with van der Waals surface area (Å²) in [5, 5.41) is 2.82. The molecule has 2 heterocycles. The van der Waals surface area contributed by atoms with Crippen LogP contribution in [-0.2, 0) is 4.79 Å². The smallest absolute Gasteiger partial charge is 0.256 e. The molecule has 0 bridgehead atoms. The zero-order chi connectivity index (χ0) is 15.8. The van der Waals surface area contributed by atoms with Crippen molar-refractivity contribution in [1.82, 2.24) is 0 Å². The van der Waals surface area contributed by atoms with Crippen molar-refractivity contribution >= 4 is 23.2 Å². The number of hydrogen-bond acceptors (Lipinski definition) is 2. The van der Waals surface area contributed by atoms with E-state index in [0.717, 1.165) is 16.8 Å². The highest BCUT2D eigenvalue weighted by molar-refractivity contribution is 6.34. The van der Waals surface area contributed by atoms with Crippen molar-refractivity contribution in [2.45, 2.75) is 0 Å². The fraction of sp³-hybridized carbons (Fsp3) is 0. The minimum atomic E-state index is -0.290. The first-order chi connectivity index (χ1) is 11.2. The molecule has 3 nitrogen and oxygen atoms in total. The highest BCUT2D eigenvalue weighted by Crippen LogP contribution is 2.33. The first kappa shape index (κ1) is 13.5. The lowest BCUT2D eigenvalue weighted by molar-refractivity contribution is -0.110. The predicted molar refractivity (Wildman–Crippen MR) is 87.0 cm³/mol. The fourth-order valence-corrected chi connectivity index (χ4v) is 2.62. The quantitative estimate of drug-likeness (QED) is 0.704. The van der Waals surface area contributed by atoms with E-state index < -0.39 is 0 Å². The summed E-state index contributed by atoms with van der Waals surface area (Å²) in [6.45, 7) is 0. The highest BCUT2D eigenvalue weighted by atomic mass is 19.1. The molecule has 0 aliphatic carbocycles. The molecule has 23 heavy (non-hydrogen) atoms. The summed E-state index contributed by atoms with van der Waals surface area (Å²) >= 11 is 0. The molecule has 4 heteroatoms. The van der Waals surface area contributed by atoms with E-state index in [4.69, 9.17) is 4.42 Å². The molecule has 1 N–H and O–H groups in total. The molecule has 1 amide bonds. The normalized spacial score (nSPS) is 14.8. The number of carbonyl (C=O) groups is 1. The minimum Gasteiger partial charge on any atom is -0.457 e. The topological polar surface area (TPSA) is 42.2 Å². The van der Waals surface area contributed by atoms with Gasteiger partial charge < -0.3 is 9.73 Å². The van der Waals surface area contributed by atoms with Gasteiger partial charge in [0.1, 0.15) is 17.3 Å². The molecule has 0 radical (unpaired) electrons. The van der Waals surface area contributed by atoms with Gasteiger partial charge in [0.25, 0.3) is 5.91 Å². The molecule has 0 spiro atoms. The largest absolute Gasteiger partial charge is 0.457 e. The number of fused-ring (bicyclic) bond motifs is 1. The predicted octanol–water partition coefficient (Wildman–Crippen LogP) is 4.58. The molecule has 2 aromatic carbocycles. The van der Waals surface area contributed by atoms with Crippen molar-refractivity contribution in [1.29, 1.82) is 0 Å². The van der Waals surface area contributed by atoms with Crippen LogP contribution in [-0.4, -0.2) is 5.91 Å². The van der Waals surface area contributed by atoms with Gasteiger partial charge in [-0.25, -0.2) is 4.39 Å². The van der Waals surface area contributed by atoms with Gasteiger partial charge in [-0.1, -0.05) is 18.2 Å². The number of nitrogens with one attached hydrogen (secondary N) is 1. The lowest BCUT2D eigenvalue weighted by Crippen LogP contribution is -2.03. The number of halogens is 1. The third kappa shape index (κ3) is 2.44. The standard InChI is InChI=1S/C19H12FNO2/c20-13-7-5-12(6-8-13)18-10-9-14(23-18)11-16-15-3-1-2-4-17(15)21-19(16)22/h1-11H,(H,21,22)/b16-11-. The Kier molecular flexibility index (Phi) is 3.08. The third-order valence-corrected chi connectivity index (χ3v) is 3.75. The number of benzene rings is 2. The molecule has 0 atom stereocenters. The average molecular weight is 305 g/mol. The van der Waals surface area contributed by atoms with Crippen LogP contribution in [0.1, 0.15) is 11.3 Å². The summed E-state index contributed by atoms with van der Waals surface area (Å²) in [6.07, 6.45) is 1.72. The maximum absolute atomic E-state index is 13.0. The SMILES string of the molecule is O=C1Nc2ccccc2/C1=C/c1ccc(-c2ccc(F)cc2)o1. The molecule has 1 aromatic heterocycles. The summed E-state index contributed by atoms with van der Waals surface area (Å²) in [7, 11) is 0. The number of amides is 1. The fourth-order valence-electron chi connectivity index (χ4n) is 2.62. The van der Waals surface area contributed by atoms with Crippen LogP contribution in [0.4, 0.5) is 10.1 Å². The Morgan fingerprint density at radius 3 is 2.57 bits per heavy atom. The minimum absolute atomic E-state index is 0.147. The van der Waals surface area contributed by atoms with Crippen LogP contribution in [0.5, 0.6) is 0 Å². The van der Waals surface area contributed by atoms with Crippen LogP contribution in [0.3, 0.4) is 0 Å². The van der Waals surface area contributed by atoms with Crippen molar-refractivity contribution in [3.05, 3.63) is 77.8 Å². The molecule has 4 rings (SSSR count). The van der Waals surface area contributed by atoms with Gasteiger partial charge in [-0.15, -0.1) is 0 Å². The maximum atomic E-state index is 13.0. The Balaban J connectivity index is 1.70. The van der Waals surface area contributed by atoms with Crippen molar-refractivity contribution in [2.24, 2.45) is 0 Å². The number of furan rings is 1. The molecule has 0 unspecified atom stereocenters. The molecule has 1 aliphatic heterocycles. The summed E-state index contributed by atoms with van der Waals surface area (Å²) < 4.78 is 18.7. The van der Waals surface area contributed by atoms with E-state index in [1.165, 1.54) is 12.1 Å². The number of rotatable bonds is 2. The molecule has 112 valence electrons. The van der Waals surface area contributed by atoms with Gasteiger partial charge in [0.2, 0.25) is 0 Å². The molecule has 0 saturated carbocycles. The molecular weight excluding hydrogens is 293 g/mol. The van der Waals surface area contributed by atoms with Gasteiger partial charge in [0.15, 0.2) is 0 Å². The molecule has 0 saturated heterocycles. The van der Waals surface area contributed by atoms with Crippen molar-refractivity contribution < 1.29 is 13.6 Å². The second kappa shape index (κ2) is 5.25. The van der Waals surface area contributed by atoms with Crippen molar-refractivity contribution in [3.8, 4) is 11.3 Å². The van der Waals surface area contributed by atoms with Gasteiger partial charge in [-0.3, -0.25) is 4.79 Å². The Labute approximate surface area is 132 Å². The first-order valence-electron chi connectivity index (χ1n) is 7.19. The molecule has 1 aliphatic rings. The van der Waals surface area contributed by atoms with Crippen LogP contribution in [0.2, 0.25) is 0 Å². The van der Waals surface area contributed by atoms with E-state index in [1.54, 1.807) is 30.3 Å². The van der Waals surface area contributed by atoms with Crippen LogP contribution in [0.15, 0.2) is 65.1 Å². The van der Waals surface area contributed by atoms with Crippen molar-refractivity contribution in [2.75, 3.05) is 5.32 Å². The van der Waals surface area contributed by atoms with E-state index in [2.05, 4.69) is 5.32 Å². The zero-order valence-corrected chi connectivity index (χ0v) is 12.0. The van der Waals surface area contributed by atoms with Crippen LogP contribution in [0, 0.1) is 5.82 Å². The van der Waals surface area contributed by atoms with Gasteiger partial charge >= 0.3 is 0 Å². The number of anilines is 1. The second-order valence-electron chi connectivity index (χ2n) is 5.27. The Morgan fingerprint density at radius 2 is 1.74 bits per heavy atom. The third-order valence-electron chi connectivity index (χ3n) is 3.75. The van der Waals surface area contributed by atoms with Crippen LogP contribution < -0.4 is 5.32 Å². The van der Waals surface area contributed by atoms with E-state index in [0.29, 0.717) is 17.1 Å². The van der Waals surface area contributed by atoms with Crippen LogP contribution >= 0.6 is 0 Å². The molecular formula is C19H12FNO2. The van der Waals surface area contributed by atoms with Gasteiger partial charge in [0, 0.05) is 16.8 Å². The summed E-state index contributed by atoms with van der Waals surface area (Å²) in [5.41, 5.74) is 3.01. The van der Waals surface area contributed by atoms with E-state index in [1.807, 2.05) is 24.3 Å². The van der Waals surface area contributed by atoms with Gasteiger partial charge in [-0.05, 0) is 48.5 Å². The van der Waals surface area contributed by atoms with Crippen molar-refractivity contribution in [3.63, 3.8) is 0 Å². The van der Waals surface area contributed by atoms with E-state index in [-0.39, 0.29) is 11.7 Å². The number of carbonyl (C=O) groups excluding carboxylic acids is 1. The van der Waals surface area contributed by atoms with Crippen LogP contribution in [0.25, 0.3) is 23.0 Å². The first-order valence-corrected chi connectivity index (χ1v) is 7.19. The monoisotopic (exact) mass is 305 g/mol. The van der Waals surface area contributed by atoms with Gasteiger partial charge in [-0.2, -0.15) is 0 Å². The lowest BCUT2D eigenvalue weighted by Gasteiger charge is -1.97. The zero-order valence-electron chi connectivity index (χ0n) is 12.0. The Hall–Kier alpha value is -3.14. The molecule has 0 fully saturated rings. The summed E-state index contributed by atoms with van der Waals surface area (Å²) in [4.78, 5) is 12.1. The highest BCUT2D eigenvalue weighted by Gasteiger charge is 2.23. The Morgan fingerprint density at radius 1 is 0.957 bits per heavy atom. The summed E-state index contributed by atoms with van der Waals surface area (Å²) in [5.74, 6) is 0.766. The maximum Gasteiger partial charge on any atom is 0.256 e. The molecule has 3 aromatic rings. The number of hydrogen-bond donors (Lipinski definition) is 1. The second-order valence-corrected chi connectivity index (χ2v) is 5.27. The van der Waals surface area contributed by atoms with Gasteiger partial charge in [0.05, 0.1) is 5.57 Å². The van der Waals surface area contributed by atoms with E-state index in [9.17, 15) is 9.18 Å². The average Bonchev–Trinajstić information content (AvgIpc) is 3.14. The number of para-hydroxylation sites is 1. The van der Waals surface area contributed by atoms with E-state index >= 15 is 0 Å². The Bertz CT molecular complexity index is 923. The summed E-state index contributed by atoms with van der Waals surface area (Å²) in [6, 6.07) is 17.2.